The van der Waals surface area contributed by atoms with Crippen molar-refractivity contribution >= 4 is 0 Å². The maximum Gasteiger partial charge on any atom is -0.0321 e. The molecular formula is C19H30. The van der Waals surface area contributed by atoms with Crippen LogP contribution in [0, 0.1) is 59.2 Å². The molecule has 5 saturated carbocycles. The van der Waals surface area contributed by atoms with Crippen LogP contribution in [0.15, 0.2) is 0 Å². The van der Waals surface area contributed by atoms with Gasteiger partial charge in [-0.25, -0.2) is 0 Å². The van der Waals surface area contributed by atoms with Gasteiger partial charge in [-0.1, -0.05) is 13.8 Å². The van der Waals surface area contributed by atoms with Crippen LogP contribution in [-0.2, 0) is 0 Å². The summed E-state index contributed by atoms with van der Waals surface area (Å²) in [6, 6.07) is 0. The van der Waals surface area contributed by atoms with Crippen LogP contribution in [0.5, 0.6) is 0 Å². The van der Waals surface area contributed by atoms with E-state index in [1.54, 1.807) is 44.9 Å². The monoisotopic (exact) mass is 258 g/mol. The molecule has 5 aliphatic rings. The Hall–Kier alpha value is 0. The second kappa shape index (κ2) is 3.80. The third-order valence-electron chi connectivity index (χ3n) is 8.52. The maximum absolute atomic E-state index is 2.56. The lowest BCUT2D eigenvalue weighted by molar-refractivity contribution is -0.0437. The van der Waals surface area contributed by atoms with E-state index in [1.807, 2.05) is 0 Å². The SMILES string of the molecule is CC(C)C1C2C3CCC(C3)C2CC2C3CCC(C3)C21. The molecule has 0 heteroatoms. The molecule has 19 heavy (non-hydrogen) atoms. The van der Waals surface area contributed by atoms with Gasteiger partial charge in [-0.2, -0.15) is 0 Å². The minimum atomic E-state index is 0.957. The van der Waals surface area contributed by atoms with E-state index in [0.717, 1.165) is 35.5 Å². The molecular weight excluding hydrogens is 228 g/mol. The summed E-state index contributed by atoms with van der Waals surface area (Å²) in [6.45, 7) is 5.12. The van der Waals surface area contributed by atoms with Gasteiger partial charge in [0, 0.05) is 0 Å². The van der Waals surface area contributed by atoms with Gasteiger partial charge in [0.15, 0.2) is 0 Å². The molecule has 0 heterocycles. The lowest BCUT2D eigenvalue weighted by Gasteiger charge is -2.52. The molecule has 4 bridgehead atoms. The second-order valence-corrected chi connectivity index (χ2v) is 9.21. The van der Waals surface area contributed by atoms with Gasteiger partial charge in [-0.3, -0.25) is 0 Å². The number of hydrogen-bond acceptors (Lipinski definition) is 0. The Morgan fingerprint density at radius 2 is 1.11 bits per heavy atom. The summed E-state index contributed by atoms with van der Waals surface area (Å²) in [5, 5.41) is 0. The highest BCUT2D eigenvalue weighted by Crippen LogP contribution is 2.69. The van der Waals surface area contributed by atoms with Crippen molar-refractivity contribution in [3.05, 3.63) is 0 Å². The zero-order valence-corrected chi connectivity index (χ0v) is 12.7. The molecule has 0 nitrogen and oxygen atoms in total. The minimum Gasteiger partial charge on any atom is -0.0625 e. The standard InChI is InChI=1S/C19H30/c1-10(2)17-18-13-5-3-11(7-13)15(18)9-16-12-4-6-14(8-12)19(16)17/h10-19H,3-9H2,1-2H3. The normalized spacial score (nSPS) is 61.7. The first kappa shape index (κ1) is 11.6. The first-order chi connectivity index (χ1) is 9.24. The van der Waals surface area contributed by atoms with Crippen LogP contribution >= 0.6 is 0 Å². The fourth-order valence-electron chi connectivity index (χ4n) is 8.27. The van der Waals surface area contributed by atoms with Gasteiger partial charge >= 0.3 is 0 Å². The molecule has 106 valence electrons. The predicted molar refractivity (Wildman–Crippen MR) is 78.6 cm³/mol. The highest BCUT2D eigenvalue weighted by molar-refractivity contribution is 5.10. The number of fused-ring (bicyclic) bond motifs is 10. The van der Waals surface area contributed by atoms with E-state index in [1.165, 1.54) is 23.7 Å². The first-order valence-corrected chi connectivity index (χ1v) is 9.24. The van der Waals surface area contributed by atoms with Gasteiger partial charge in [-0.05, 0) is 104 Å². The Bertz CT molecular complexity index is 351. The average Bonchev–Trinajstić information content (AvgIpc) is 3.15. The predicted octanol–water partition coefficient (Wildman–Crippen LogP) is 4.99. The molecule has 0 aromatic heterocycles. The third-order valence-corrected chi connectivity index (χ3v) is 8.52. The maximum atomic E-state index is 2.56. The van der Waals surface area contributed by atoms with Crippen molar-refractivity contribution in [2.24, 2.45) is 59.2 Å². The lowest BCUT2D eigenvalue weighted by atomic mass is 9.52. The van der Waals surface area contributed by atoms with Crippen LogP contribution in [0.1, 0.15) is 58.8 Å². The van der Waals surface area contributed by atoms with Crippen molar-refractivity contribution in [2.75, 3.05) is 0 Å². The van der Waals surface area contributed by atoms with Crippen LogP contribution in [-0.4, -0.2) is 0 Å². The second-order valence-electron chi connectivity index (χ2n) is 9.21. The Morgan fingerprint density at radius 1 is 0.632 bits per heavy atom. The minimum absolute atomic E-state index is 0.957. The van der Waals surface area contributed by atoms with E-state index in [0.29, 0.717) is 0 Å². The molecule has 5 rings (SSSR count). The molecule has 8 atom stereocenters. The number of rotatable bonds is 1. The van der Waals surface area contributed by atoms with Crippen LogP contribution < -0.4 is 0 Å². The van der Waals surface area contributed by atoms with Crippen LogP contribution in [0.3, 0.4) is 0 Å². The summed E-state index contributed by atoms with van der Waals surface area (Å²) in [4.78, 5) is 0. The quantitative estimate of drug-likeness (QED) is 0.622. The first-order valence-electron chi connectivity index (χ1n) is 9.24. The van der Waals surface area contributed by atoms with E-state index in [4.69, 9.17) is 0 Å². The fraction of sp³-hybridized carbons (Fsp3) is 1.00. The van der Waals surface area contributed by atoms with Crippen molar-refractivity contribution in [1.82, 2.24) is 0 Å². The molecule has 0 aliphatic heterocycles. The van der Waals surface area contributed by atoms with Crippen LogP contribution in [0.4, 0.5) is 0 Å². The molecule has 0 aromatic rings. The van der Waals surface area contributed by atoms with Crippen LogP contribution in [0.2, 0.25) is 0 Å². The molecule has 5 aliphatic carbocycles. The lowest BCUT2D eigenvalue weighted by Crippen LogP contribution is -2.47. The highest BCUT2D eigenvalue weighted by atomic mass is 14.7. The molecule has 0 spiro atoms. The van der Waals surface area contributed by atoms with E-state index < -0.39 is 0 Å². The Morgan fingerprint density at radius 3 is 1.58 bits per heavy atom. The van der Waals surface area contributed by atoms with E-state index >= 15 is 0 Å². The molecule has 0 radical (unpaired) electrons. The molecule has 8 unspecified atom stereocenters. The summed E-state index contributed by atoms with van der Waals surface area (Å²) in [5.74, 6) is 11.4. The Labute approximate surface area is 118 Å². The van der Waals surface area contributed by atoms with E-state index in [-0.39, 0.29) is 0 Å². The zero-order valence-electron chi connectivity index (χ0n) is 12.7. The summed E-state index contributed by atoms with van der Waals surface area (Å²) in [5.41, 5.74) is 0. The largest absolute Gasteiger partial charge is 0.0625 e. The van der Waals surface area contributed by atoms with Gasteiger partial charge in [0.1, 0.15) is 0 Å². The average molecular weight is 258 g/mol. The van der Waals surface area contributed by atoms with Crippen molar-refractivity contribution < 1.29 is 0 Å². The Kier molecular flexibility index (Phi) is 2.33. The van der Waals surface area contributed by atoms with Gasteiger partial charge in [-0.15, -0.1) is 0 Å². The topological polar surface area (TPSA) is 0 Å². The van der Waals surface area contributed by atoms with Crippen molar-refractivity contribution in [2.45, 2.75) is 58.8 Å². The van der Waals surface area contributed by atoms with Gasteiger partial charge in [0.25, 0.3) is 0 Å². The van der Waals surface area contributed by atoms with Crippen molar-refractivity contribution in [3.63, 3.8) is 0 Å². The number of hydrogen-bond donors (Lipinski definition) is 0. The molecule has 0 N–H and O–H groups in total. The zero-order chi connectivity index (χ0) is 12.7. The van der Waals surface area contributed by atoms with E-state index in [2.05, 4.69) is 13.8 Å². The van der Waals surface area contributed by atoms with Crippen molar-refractivity contribution in [3.8, 4) is 0 Å². The molecule has 5 fully saturated rings. The summed E-state index contributed by atoms with van der Waals surface area (Å²) < 4.78 is 0. The molecule has 0 saturated heterocycles. The third kappa shape index (κ3) is 1.37. The highest BCUT2D eigenvalue weighted by Gasteiger charge is 2.62. The van der Waals surface area contributed by atoms with Crippen LogP contribution in [0.25, 0.3) is 0 Å². The summed E-state index contributed by atoms with van der Waals surface area (Å²) in [6.07, 6.45) is 11.3. The molecule has 0 aromatic carbocycles. The van der Waals surface area contributed by atoms with Gasteiger partial charge < -0.3 is 0 Å². The van der Waals surface area contributed by atoms with Gasteiger partial charge in [0.2, 0.25) is 0 Å². The Balaban J connectivity index is 1.55. The van der Waals surface area contributed by atoms with Crippen molar-refractivity contribution in [1.29, 1.82) is 0 Å². The fourth-order valence-corrected chi connectivity index (χ4v) is 8.27. The summed E-state index contributed by atoms with van der Waals surface area (Å²) >= 11 is 0. The molecule has 0 amide bonds. The summed E-state index contributed by atoms with van der Waals surface area (Å²) in [7, 11) is 0. The smallest absolute Gasteiger partial charge is 0.0321 e. The van der Waals surface area contributed by atoms with Gasteiger partial charge in [0.05, 0.1) is 0 Å². The van der Waals surface area contributed by atoms with E-state index in [9.17, 15) is 0 Å².